The number of nitrogens with one attached hydrogen (secondary N) is 2. The van der Waals surface area contributed by atoms with Crippen LogP contribution in [0.25, 0.3) is 0 Å². The molecule has 0 aliphatic carbocycles. The molecule has 1 rings (SSSR count). The quantitative estimate of drug-likeness (QED) is 0.0598. The molecule has 348 valence electrons. The van der Waals surface area contributed by atoms with Crippen molar-refractivity contribution in [1.82, 2.24) is 10.6 Å². The van der Waals surface area contributed by atoms with Crippen LogP contribution in [0.15, 0.2) is 0 Å². The Bertz CT molecular complexity index is 1210. The lowest BCUT2D eigenvalue weighted by Crippen LogP contribution is -2.58. The third-order valence-corrected chi connectivity index (χ3v) is 10.5. The molecular formula is C43H77N3O14. The molecule has 4 N–H and O–H groups in total. The molecule has 0 radical (unpaired) electrons. The van der Waals surface area contributed by atoms with Crippen molar-refractivity contribution < 1.29 is 66.7 Å². The normalized spacial score (nSPS) is 19.1. The van der Waals surface area contributed by atoms with E-state index in [1.807, 2.05) is 27.7 Å². The lowest BCUT2D eigenvalue weighted by Gasteiger charge is -2.44. The second kappa shape index (κ2) is 33.7. The van der Waals surface area contributed by atoms with Crippen molar-refractivity contribution in [2.24, 2.45) is 17.6 Å². The van der Waals surface area contributed by atoms with Crippen LogP contribution in [-0.2, 0) is 66.7 Å². The number of hydrogen-bond acceptors (Lipinski definition) is 15. The minimum absolute atomic E-state index is 0.00000371. The van der Waals surface area contributed by atoms with Crippen molar-refractivity contribution in [1.29, 1.82) is 0 Å². The van der Waals surface area contributed by atoms with Crippen LogP contribution in [0.3, 0.4) is 0 Å². The number of nitrogens with two attached hydrogens (primary N) is 1. The number of Topliss-reactive ketones (excluding diaryl/α,β-unsaturated/α-hetero) is 3. The zero-order valence-corrected chi connectivity index (χ0v) is 37.4. The molecule has 1 aliphatic heterocycles. The lowest BCUT2D eigenvalue weighted by atomic mass is 9.81. The van der Waals surface area contributed by atoms with Crippen LogP contribution in [0.1, 0.15) is 119 Å². The van der Waals surface area contributed by atoms with Crippen molar-refractivity contribution in [2.75, 3.05) is 85.8 Å². The third-order valence-electron chi connectivity index (χ3n) is 10.5. The van der Waals surface area contributed by atoms with Gasteiger partial charge in [0.15, 0.2) is 6.29 Å². The second-order valence-corrected chi connectivity index (χ2v) is 15.4. The predicted octanol–water partition coefficient (Wildman–Crippen LogP) is 3.39. The highest BCUT2D eigenvalue weighted by atomic mass is 16.7. The van der Waals surface area contributed by atoms with Gasteiger partial charge in [-0.25, -0.2) is 0 Å². The van der Waals surface area contributed by atoms with Crippen LogP contribution in [-0.4, -0.2) is 145 Å². The summed E-state index contributed by atoms with van der Waals surface area (Å²) in [4.78, 5) is 74.3. The summed E-state index contributed by atoms with van der Waals surface area (Å²) >= 11 is 0. The van der Waals surface area contributed by atoms with Crippen molar-refractivity contribution in [3.05, 3.63) is 0 Å². The van der Waals surface area contributed by atoms with Gasteiger partial charge in [0.1, 0.15) is 24.0 Å². The Hall–Kier alpha value is -2.90. The first-order valence-electron chi connectivity index (χ1n) is 21.9. The summed E-state index contributed by atoms with van der Waals surface area (Å²) < 4.78 is 44.8. The fourth-order valence-electron chi connectivity index (χ4n) is 6.85. The molecule has 17 heteroatoms. The largest absolute Gasteiger partial charge is 0.463 e. The molecule has 0 spiro atoms. The van der Waals surface area contributed by atoms with Gasteiger partial charge in [-0.2, -0.15) is 0 Å². The summed E-state index contributed by atoms with van der Waals surface area (Å²) in [6.07, 6.45) is 3.11. The predicted molar refractivity (Wildman–Crippen MR) is 223 cm³/mol. The first-order chi connectivity index (χ1) is 28.8. The van der Waals surface area contributed by atoms with E-state index in [0.717, 1.165) is 0 Å². The molecule has 0 aromatic heterocycles. The molecule has 0 bridgehead atoms. The molecule has 0 aromatic rings. The number of carbonyl (C=O) groups is 6. The number of esters is 1. The smallest absolute Gasteiger partial charge is 0.302 e. The highest BCUT2D eigenvalue weighted by Gasteiger charge is 2.43. The third kappa shape index (κ3) is 25.8. The minimum Gasteiger partial charge on any atom is -0.463 e. The van der Waals surface area contributed by atoms with Gasteiger partial charge in [0, 0.05) is 90.9 Å². The van der Waals surface area contributed by atoms with Gasteiger partial charge in [0.25, 0.3) is 0 Å². The average molecular weight is 860 g/mol. The Labute approximate surface area is 357 Å². The van der Waals surface area contributed by atoms with E-state index in [4.69, 9.17) is 43.6 Å². The maximum absolute atomic E-state index is 13.0. The van der Waals surface area contributed by atoms with Crippen molar-refractivity contribution >= 4 is 35.1 Å². The van der Waals surface area contributed by atoms with E-state index in [2.05, 4.69) is 10.6 Å². The average Bonchev–Trinajstić information content (AvgIpc) is 3.22. The highest BCUT2D eigenvalue weighted by molar-refractivity contribution is 5.82. The zero-order valence-electron chi connectivity index (χ0n) is 37.4. The van der Waals surface area contributed by atoms with E-state index in [1.165, 1.54) is 13.8 Å². The van der Waals surface area contributed by atoms with Gasteiger partial charge < -0.3 is 54.3 Å². The molecule has 1 fully saturated rings. The number of hydrogen-bond donors (Lipinski definition) is 3. The van der Waals surface area contributed by atoms with Crippen LogP contribution < -0.4 is 16.4 Å². The van der Waals surface area contributed by atoms with E-state index >= 15 is 0 Å². The first-order valence-corrected chi connectivity index (χ1v) is 21.9. The second-order valence-electron chi connectivity index (χ2n) is 15.4. The molecular weight excluding hydrogens is 782 g/mol. The van der Waals surface area contributed by atoms with Crippen molar-refractivity contribution in [2.45, 2.75) is 143 Å². The molecule has 5 unspecified atom stereocenters. The maximum Gasteiger partial charge on any atom is 0.302 e. The van der Waals surface area contributed by atoms with E-state index in [1.54, 1.807) is 0 Å². The summed E-state index contributed by atoms with van der Waals surface area (Å²) in [6, 6.07) is -0.369. The topological polar surface area (TPSA) is 226 Å². The standard InChI is InChI=1S/C43H77N3O14/c1-7-53-21-9-12-36(49)15-18-43(46-40(52)30-44,19-16-37(50)13-10-22-54-8-2)20-17-38(51)14-11-23-55-24-25-56-26-27-57-28-29-58-42-41(45-34(5)47)33(4)32(3)39(60-42)31-59-35(6)48/h32-33,39,41-42H,7-31,44H2,1-6H3,(H,45,47)(H,46,52). The fourth-order valence-corrected chi connectivity index (χ4v) is 6.85. The Morgan fingerprint density at radius 3 is 1.50 bits per heavy atom. The van der Waals surface area contributed by atoms with Crippen molar-refractivity contribution in [3.63, 3.8) is 0 Å². The van der Waals surface area contributed by atoms with Crippen LogP contribution in [0.2, 0.25) is 0 Å². The number of ether oxygens (including phenoxy) is 8. The van der Waals surface area contributed by atoms with Gasteiger partial charge in [-0.1, -0.05) is 13.8 Å². The van der Waals surface area contributed by atoms with E-state index in [0.29, 0.717) is 111 Å². The summed E-state index contributed by atoms with van der Waals surface area (Å²) in [5.41, 5.74) is 4.74. The molecule has 17 nitrogen and oxygen atoms in total. The monoisotopic (exact) mass is 860 g/mol. The SMILES string of the molecule is CCOCCCC(=O)CCC(CCC(=O)CCCOCC)(CCC(=O)CCCOCCOCCOCCOC1OC(COC(C)=O)C(C)C(C)C1NC(C)=O)NC(=O)CN. The van der Waals surface area contributed by atoms with Gasteiger partial charge in [-0.15, -0.1) is 0 Å². The number of ketones is 3. The number of amides is 2. The van der Waals surface area contributed by atoms with E-state index in [9.17, 15) is 28.8 Å². The maximum atomic E-state index is 13.0. The van der Waals surface area contributed by atoms with Gasteiger partial charge >= 0.3 is 5.97 Å². The number of rotatable bonds is 38. The van der Waals surface area contributed by atoms with Crippen molar-refractivity contribution in [3.8, 4) is 0 Å². The summed E-state index contributed by atoms with van der Waals surface area (Å²) in [5, 5.41) is 5.91. The Balaban J connectivity index is 2.45. The molecule has 0 aromatic carbocycles. The molecule has 2 amide bonds. The van der Waals surface area contributed by atoms with Gasteiger partial charge in [-0.3, -0.25) is 28.8 Å². The molecule has 5 atom stereocenters. The molecule has 1 saturated heterocycles. The Morgan fingerprint density at radius 2 is 1.07 bits per heavy atom. The van der Waals surface area contributed by atoms with Gasteiger partial charge in [0.05, 0.1) is 58.3 Å². The van der Waals surface area contributed by atoms with Crippen LogP contribution >= 0.6 is 0 Å². The highest BCUT2D eigenvalue weighted by Crippen LogP contribution is 2.32. The first kappa shape index (κ1) is 55.1. The van der Waals surface area contributed by atoms with Crippen LogP contribution in [0.4, 0.5) is 0 Å². The summed E-state index contributed by atoms with van der Waals surface area (Å²) in [6.45, 7) is 14.8. The fraction of sp³-hybridized carbons (Fsp3) is 0.860. The minimum atomic E-state index is -0.920. The lowest BCUT2D eigenvalue weighted by molar-refractivity contribution is -0.247. The molecule has 1 heterocycles. The Morgan fingerprint density at radius 1 is 0.617 bits per heavy atom. The number of carbonyl (C=O) groups excluding carboxylic acids is 6. The molecule has 1 aliphatic rings. The van der Waals surface area contributed by atoms with E-state index < -0.39 is 23.7 Å². The molecule has 60 heavy (non-hydrogen) atoms. The summed E-state index contributed by atoms with van der Waals surface area (Å²) in [5.74, 6) is -0.875. The zero-order chi connectivity index (χ0) is 44.6. The van der Waals surface area contributed by atoms with Crippen LogP contribution in [0.5, 0.6) is 0 Å². The molecule has 0 saturated carbocycles. The van der Waals surface area contributed by atoms with E-state index in [-0.39, 0.29) is 99.3 Å². The van der Waals surface area contributed by atoms with Gasteiger partial charge in [-0.05, 0) is 64.2 Å². The van der Waals surface area contributed by atoms with Gasteiger partial charge in [0.2, 0.25) is 11.8 Å². The summed E-state index contributed by atoms with van der Waals surface area (Å²) in [7, 11) is 0. The Kier molecular flexibility index (Phi) is 31.0. The van der Waals surface area contributed by atoms with Crippen LogP contribution in [0, 0.1) is 11.8 Å².